The number of amides is 2. The summed E-state index contributed by atoms with van der Waals surface area (Å²) in [5.41, 5.74) is 5.72. The molecule has 230 valence electrons. The van der Waals surface area contributed by atoms with Crippen LogP contribution >= 0.6 is 0 Å². The summed E-state index contributed by atoms with van der Waals surface area (Å²) < 4.78 is 11.2. The van der Waals surface area contributed by atoms with E-state index < -0.39 is 17.8 Å². The summed E-state index contributed by atoms with van der Waals surface area (Å²) >= 11 is 0. The lowest BCUT2D eigenvalue weighted by atomic mass is 10.1. The van der Waals surface area contributed by atoms with Crippen molar-refractivity contribution in [2.45, 2.75) is 20.8 Å². The van der Waals surface area contributed by atoms with Gasteiger partial charge in [0, 0.05) is 24.3 Å². The standard InChI is InChI=1S/C36H36N4O5/c1-4-40(5-2)30-20-17-26(18-21-30)23-31(38-34(41)28-13-9-7-10-14-28)35(42)39-37-25-27-19-22-32(33(24-27)44-6-3)45-36(43)29-15-11-8-12-16-29/h7-25H,4-6H2,1-3H3,(H,38,41)(H,39,42)/b31-23+,37-25-. The first-order chi connectivity index (χ1) is 21.9. The van der Waals surface area contributed by atoms with Crippen molar-refractivity contribution in [2.24, 2.45) is 5.10 Å². The molecule has 9 nitrogen and oxygen atoms in total. The number of esters is 1. The molecule has 0 radical (unpaired) electrons. The Morgan fingerprint density at radius 3 is 2.00 bits per heavy atom. The van der Waals surface area contributed by atoms with E-state index in [0.29, 0.717) is 29.0 Å². The summed E-state index contributed by atoms with van der Waals surface area (Å²) in [4.78, 5) is 41.0. The molecule has 0 aromatic heterocycles. The monoisotopic (exact) mass is 604 g/mol. The molecular weight excluding hydrogens is 568 g/mol. The van der Waals surface area contributed by atoms with Crippen LogP contribution in [0.15, 0.2) is 114 Å². The first-order valence-corrected chi connectivity index (χ1v) is 14.7. The van der Waals surface area contributed by atoms with E-state index >= 15 is 0 Å². The maximum Gasteiger partial charge on any atom is 0.343 e. The van der Waals surface area contributed by atoms with E-state index in [2.05, 4.69) is 34.6 Å². The van der Waals surface area contributed by atoms with Crippen molar-refractivity contribution in [2.75, 3.05) is 24.6 Å². The van der Waals surface area contributed by atoms with Crippen LogP contribution in [0.25, 0.3) is 6.08 Å². The van der Waals surface area contributed by atoms with E-state index in [1.165, 1.54) is 6.21 Å². The van der Waals surface area contributed by atoms with Crippen molar-refractivity contribution in [3.8, 4) is 11.5 Å². The Kier molecular flexibility index (Phi) is 11.6. The van der Waals surface area contributed by atoms with Crippen molar-refractivity contribution in [1.29, 1.82) is 0 Å². The average Bonchev–Trinajstić information content (AvgIpc) is 3.07. The van der Waals surface area contributed by atoms with Gasteiger partial charge in [-0.05, 0) is 92.6 Å². The predicted octanol–water partition coefficient (Wildman–Crippen LogP) is 6.07. The van der Waals surface area contributed by atoms with Gasteiger partial charge in [0.2, 0.25) is 0 Å². The van der Waals surface area contributed by atoms with Gasteiger partial charge in [-0.15, -0.1) is 0 Å². The molecule has 4 rings (SSSR count). The number of hydrazone groups is 1. The maximum absolute atomic E-state index is 13.3. The highest BCUT2D eigenvalue weighted by molar-refractivity contribution is 6.05. The van der Waals surface area contributed by atoms with Gasteiger partial charge in [-0.2, -0.15) is 5.10 Å². The highest BCUT2D eigenvalue weighted by atomic mass is 16.6. The summed E-state index contributed by atoms with van der Waals surface area (Å²) in [6.45, 7) is 8.09. The molecule has 2 amide bonds. The first-order valence-electron chi connectivity index (χ1n) is 14.7. The molecule has 45 heavy (non-hydrogen) atoms. The average molecular weight is 605 g/mol. The summed E-state index contributed by atoms with van der Waals surface area (Å²) in [7, 11) is 0. The van der Waals surface area contributed by atoms with E-state index in [1.54, 1.807) is 72.8 Å². The van der Waals surface area contributed by atoms with Crippen LogP contribution in [0.4, 0.5) is 5.69 Å². The van der Waals surface area contributed by atoms with Gasteiger partial charge in [0.05, 0.1) is 18.4 Å². The molecule has 9 heteroatoms. The third kappa shape index (κ3) is 9.14. The van der Waals surface area contributed by atoms with Gasteiger partial charge in [-0.3, -0.25) is 9.59 Å². The van der Waals surface area contributed by atoms with Crippen LogP contribution < -0.4 is 25.1 Å². The predicted molar refractivity (Wildman–Crippen MR) is 177 cm³/mol. The van der Waals surface area contributed by atoms with Gasteiger partial charge in [-0.1, -0.05) is 48.5 Å². The fourth-order valence-corrected chi connectivity index (χ4v) is 4.40. The molecule has 0 aliphatic rings. The van der Waals surface area contributed by atoms with Gasteiger partial charge < -0.3 is 19.7 Å². The molecule has 0 heterocycles. The number of hydrogen-bond acceptors (Lipinski definition) is 7. The SMILES string of the molecule is CCOc1cc(/C=N\NC(=O)/C(=C\c2ccc(N(CC)CC)cc2)NC(=O)c2ccccc2)ccc1OC(=O)c1ccccc1. The van der Waals surface area contributed by atoms with Crippen LogP contribution in [-0.4, -0.2) is 43.7 Å². The zero-order chi connectivity index (χ0) is 32.0. The molecule has 0 atom stereocenters. The first kappa shape index (κ1) is 32.2. The lowest BCUT2D eigenvalue weighted by molar-refractivity contribution is -0.117. The lowest BCUT2D eigenvalue weighted by Gasteiger charge is -2.21. The third-order valence-corrected chi connectivity index (χ3v) is 6.72. The Balaban J connectivity index is 1.51. The van der Waals surface area contributed by atoms with Gasteiger partial charge in [0.1, 0.15) is 5.70 Å². The number of ether oxygens (including phenoxy) is 2. The topological polar surface area (TPSA) is 109 Å². The van der Waals surface area contributed by atoms with E-state index in [1.807, 2.05) is 43.3 Å². The molecule has 0 spiro atoms. The van der Waals surface area contributed by atoms with Crippen LogP contribution in [0, 0.1) is 0 Å². The third-order valence-electron chi connectivity index (χ3n) is 6.72. The van der Waals surface area contributed by atoms with E-state index in [9.17, 15) is 14.4 Å². The molecule has 0 bridgehead atoms. The van der Waals surface area contributed by atoms with Crippen molar-refractivity contribution < 1.29 is 23.9 Å². The summed E-state index contributed by atoms with van der Waals surface area (Å²) in [6.07, 6.45) is 3.03. The van der Waals surface area contributed by atoms with E-state index in [4.69, 9.17) is 9.47 Å². The molecule has 0 aliphatic heterocycles. The van der Waals surface area contributed by atoms with Crippen molar-refractivity contribution in [3.63, 3.8) is 0 Å². The van der Waals surface area contributed by atoms with Gasteiger partial charge >= 0.3 is 5.97 Å². The van der Waals surface area contributed by atoms with E-state index in [0.717, 1.165) is 24.3 Å². The fourth-order valence-electron chi connectivity index (χ4n) is 4.40. The van der Waals surface area contributed by atoms with Crippen molar-refractivity contribution in [3.05, 3.63) is 131 Å². The minimum atomic E-state index is -0.609. The Morgan fingerprint density at radius 2 is 1.38 bits per heavy atom. The molecule has 0 fully saturated rings. The smallest absolute Gasteiger partial charge is 0.343 e. The summed E-state index contributed by atoms with van der Waals surface area (Å²) in [5, 5.41) is 6.81. The minimum Gasteiger partial charge on any atom is -0.490 e. The van der Waals surface area contributed by atoms with Crippen LogP contribution in [0.2, 0.25) is 0 Å². The van der Waals surface area contributed by atoms with Crippen LogP contribution in [0.3, 0.4) is 0 Å². The molecule has 0 saturated heterocycles. The molecule has 0 aliphatic carbocycles. The van der Waals surface area contributed by atoms with E-state index in [-0.39, 0.29) is 11.4 Å². The largest absolute Gasteiger partial charge is 0.490 e. The number of carbonyl (C=O) groups excluding carboxylic acids is 3. The fraction of sp³-hybridized carbons (Fsp3) is 0.167. The van der Waals surface area contributed by atoms with Gasteiger partial charge in [0.15, 0.2) is 11.5 Å². The summed E-state index contributed by atoms with van der Waals surface area (Å²) in [6, 6.07) is 29.9. The second-order valence-corrected chi connectivity index (χ2v) is 9.74. The van der Waals surface area contributed by atoms with Crippen LogP contribution in [0.5, 0.6) is 11.5 Å². The number of hydrogen-bond donors (Lipinski definition) is 2. The Bertz CT molecular complexity index is 1650. The minimum absolute atomic E-state index is 0.0229. The Labute approximate surface area is 263 Å². The van der Waals surface area contributed by atoms with Crippen LogP contribution in [0.1, 0.15) is 52.6 Å². The maximum atomic E-state index is 13.3. The van der Waals surface area contributed by atoms with Crippen molar-refractivity contribution >= 4 is 35.8 Å². The zero-order valence-electron chi connectivity index (χ0n) is 25.5. The molecular formula is C36H36N4O5. The molecule has 4 aromatic rings. The van der Waals surface area contributed by atoms with Crippen LogP contribution in [-0.2, 0) is 4.79 Å². The lowest BCUT2D eigenvalue weighted by Crippen LogP contribution is -2.32. The van der Waals surface area contributed by atoms with Gasteiger partial charge in [0.25, 0.3) is 11.8 Å². The highest BCUT2D eigenvalue weighted by Gasteiger charge is 2.16. The number of nitrogens with zero attached hydrogens (tertiary/aromatic N) is 2. The number of anilines is 1. The molecule has 4 aromatic carbocycles. The second kappa shape index (κ2) is 16.2. The van der Waals surface area contributed by atoms with Gasteiger partial charge in [-0.25, -0.2) is 10.2 Å². The normalized spacial score (nSPS) is 11.1. The number of benzene rings is 4. The summed E-state index contributed by atoms with van der Waals surface area (Å²) in [5.74, 6) is -0.942. The molecule has 0 saturated carbocycles. The second-order valence-electron chi connectivity index (χ2n) is 9.74. The molecule has 2 N–H and O–H groups in total. The molecule has 0 unspecified atom stereocenters. The Morgan fingerprint density at radius 1 is 0.756 bits per heavy atom. The zero-order valence-corrected chi connectivity index (χ0v) is 25.5. The number of rotatable bonds is 13. The van der Waals surface area contributed by atoms with Crippen molar-refractivity contribution in [1.82, 2.24) is 10.7 Å². The quantitative estimate of drug-likeness (QED) is 0.0630. The number of nitrogens with one attached hydrogen (secondary N) is 2. The Hall–Kier alpha value is -5.70. The highest BCUT2D eigenvalue weighted by Crippen LogP contribution is 2.29. The number of carbonyl (C=O) groups is 3.